The minimum Gasteiger partial charge on any atom is -0.348 e. The lowest BCUT2D eigenvalue weighted by Gasteiger charge is -2.06. The van der Waals surface area contributed by atoms with Crippen molar-refractivity contribution in [3.8, 4) is 0 Å². The van der Waals surface area contributed by atoms with E-state index in [2.05, 4.69) is 10.3 Å². The molecule has 0 unspecified atom stereocenters. The number of amides is 1. The van der Waals surface area contributed by atoms with Crippen LogP contribution in [0.25, 0.3) is 0 Å². The maximum absolute atomic E-state index is 11.9. The van der Waals surface area contributed by atoms with E-state index in [1.807, 2.05) is 30.3 Å². The molecule has 2 aromatic rings. The number of aryl methyl sites for hydroxylation is 1. The van der Waals surface area contributed by atoms with Gasteiger partial charge in [0.25, 0.3) is 11.5 Å². The van der Waals surface area contributed by atoms with Gasteiger partial charge in [-0.1, -0.05) is 30.3 Å². The Balaban J connectivity index is 2.11. The molecule has 0 aliphatic rings. The number of pyridine rings is 1. The average Bonchev–Trinajstić information content (AvgIpc) is 2.37. The van der Waals surface area contributed by atoms with Crippen molar-refractivity contribution in [1.82, 2.24) is 10.3 Å². The van der Waals surface area contributed by atoms with Gasteiger partial charge in [0.05, 0.1) is 0 Å². The van der Waals surface area contributed by atoms with Crippen LogP contribution in [0.3, 0.4) is 0 Å². The molecule has 1 amide bonds. The highest BCUT2D eigenvalue weighted by molar-refractivity contribution is 5.95. The average molecular weight is 242 g/mol. The number of hydrogen-bond acceptors (Lipinski definition) is 2. The second-order valence-corrected chi connectivity index (χ2v) is 4.03. The topological polar surface area (TPSA) is 62.0 Å². The van der Waals surface area contributed by atoms with Crippen LogP contribution in [0.5, 0.6) is 0 Å². The number of nitrogens with one attached hydrogen (secondary N) is 2. The Hall–Kier alpha value is -2.36. The van der Waals surface area contributed by atoms with Crippen molar-refractivity contribution in [2.75, 3.05) is 0 Å². The summed E-state index contributed by atoms with van der Waals surface area (Å²) in [5.41, 5.74) is 1.48. The first-order chi connectivity index (χ1) is 8.68. The molecule has 0 fully saturated rings. The van der Waals surface area contributed by atoms with Crippen LogP contribution in [-0.2, 0) is 6.54 Å². The molecule has 0 aliphatic carbocycles. The van der Waals surface area contributed by atoms with Gasteiger partial charge < -0.3 is 10.3 Å². The van der Waals surface area contributed by atoms with Crippen LogP contribution >= 0.6 is 0 Å². The molecule has 0 atom stereocenters. The van der Waals surface area contributed by atoms with Gasteiger partial charge in [0.2, 0.25) is 0 Å². The molecule has 0 spiro atoms. The minimum atomic E-state index is -0.361. The van der Waals surface area contributed by atoms with Crippen molar-refractivity contribution in [1.29, 1.82) is 0 Å². The number of aromatic nitrogens is 1. The third-order valence-electron chi connectivity index (χ3n) is 2.69. The Kier molecular flexibility index (Phi) is 3.57. The Bertz CT molecular complexity index is 603. The number of aromatic amines is 1. The maximum atomic E-state index is 11.9. The Labute approximate surface area is 105 Å². The van der Waals surface area contributed by atoms with E-state index in [4.69, 9.17) is 0 Å². The van der Waals surface area contributed by atoms with Crippen molar-refractivity contribution in [2.24, 2.45) is 0 Å². The SMILES string of the molecule is Cc1cc[nH]c(=O)c1C(=O)NCc1ccccc1. The molecule has 1 aromatic carbocycles. The van der Waals surface area contributed by atoms with Crippen LogP contribution < -0.4 is 10.9 Å². The first-order valence-electron chi connectivity index (χ1n) is 5.69. The fourth-order valence-electron chi connectivity index (χ4n) is 1.73. The molecular weight excluding hydrogens is 228 g/mol. The third kappa shape index (κ3) is 2.66. The Morgan fingerprint density at radius 3 is 2.61 bits per heavy atom. The van der Waals surface area contributed by atoms with Crippen molar-refractivity contribution < 1.29 is 4.79 Å². The standard InChI is InChI=1S/C14H14N2O2/c1-10-7-8-15-13(17)12(10)14(18)16-9-11-5-3-2-4-6-11/h2-8H,9H2,1H3,(H,15,17)(H,16,18). The Morgan fingerprint density at radius 1 is 1.22 bits per heavy atom. The van der Waals surface area contributed by atoms with E-state index in [9.17, 15) is 9.59 Å². The molecule has 2 rings (SSSR count). The molecule has 4 heteroatoms. The van der Waals surface area contributed by atoms with Gasteiger partial charge >= 0.3 is 0 Å². The molecule has 0 radical (unpaired) electrons. The Morgan fingerprint density at radius 2 is 1.94 bits per heavy atom. The summed E-state index contributed by atoms with van der Waals surface area (Å²) in [4.78, 5) is 26.0. The molecule has 18 heavy (non-hydrogen) atoms. The zero-order chi connectivity index (χ0) is 13.0. The summed E-state index contributed by atoms with van der Waals surface area (Å²) in [7, 11) is 0. The van der Waals surface area contributed by atoms with Crippen LogP contribution in [0.2, 0.25) is 0 Å². The molecule has 92 valence electrons. The summed E-state index contributed by atoms with van der Waals surface area (Å²) in [5.74, 6) is -0.349. The van der Waals surface area contributed by atoms with Crippen molar-refractivity contribution in [3.05, 3.63) is 69.6 Å². The molecule has 0 bridgehead atoms. The molecule has 2 N–H and O–H groups in total. The quantitative estimate of drug-likeness (QED) is 0.859. The first kappa shape index (κ1) is 12.1. The van der Waals surface area contributed by atoms with Crippen LogP contribution in [0.15, 0.2) is 47.4 Å². The van der Waals surface area contributed by atoms with Gasteiger partial charge in [-0.3, -0.25) is 9.59 Å². The lowest BCUT2D eigenvalue weighted by Crippen LogP contribution is -2.30. The predicted octanol–water partition coefficient (Wildman–Crippen LogP) is 1.61. The zero-order valence-electron chi connectivity index (χ0n) is 10.1. The largest absolute Gasteiger partial charge is 0.348 e. The predicted molar refractivity (Wildman–Crippen MR) is 69.4 cm³/mol. The van der Waals surface area contributed by atoms with Gasteiger partial charge in [0, 0.05) is 12.7 Å². The summed E-state index contributed by atoms with van der Waals surface area (Å²) in [6, 6.07) is 11.3. The number of carbonyl (C=O) groups is 1. The molecule has 0 saturated carbocycles. The molecule has 1 aromatic heterocycles. The van der Waals surface area contributed by atoms with E-state index in [1.54, 1.807) is 13.0 Å². The fourth-order valence-corrected chi connectivity index (χ4v) is 1.73. The van der Waals surface area contributed by atoms with Crippen LogP contribution in [0.1, 0.15) is 21.5 Å². The van der Waals surface area contributed by atoms with E-state index in [-0.39, 0.29) is 17.0 Å². The summed E-state index contributed by atoms with van der Waals surface area (Å²) >= 11 is 0. The highest BCUT2D eigenvalue weighted by Gasteiger charge is 2.12. The second kappa shape index (κ2) is 5.31. The summed E-state index contributed by atoms with van der Waals surface area (Å²) in [5, 5.41) is 2.74. The molecule has 0 saturated heterocycles. The van der Waals surface area contributed by atoms with E-state index in [0.717, 1.165) is 5.56 Å². The number of H-pyrrole nitrogens is 1. The lowest BCUT2D eigenvalue weighted by molar-refractivity contribution is 0.0948. The van der Waals surface area contributed by atoms with E-state index < -0.39 is 0 Å². The zero-order valence-corrected chi connectivity index (χ0v) is 10.1. The monoisotopic (exact) mass is 242 g/mol. The van der Waals surface area contributed by atoms with Crippen molar-refractivity contribution >= 4 is 5.91 Å². The third-order valence-corrected chi connectivity index (χ3v) is 2.69. The lowest BCUT2D eigenvalue weighted by atomic mass is 10.1. The number of hydrogen-bond donors (Lipinski definition) is 2. The minimum absolute atomic E-state index is 0.174. The fraction of sp³-hybridized carbons (Fsp3) is 0.143. The number of rotatable bonds is 3. The summed E-state index contributed by atoms with van der Waals surface area (Å²) in [6.07, 6.45) is 1.53. The molecular formula is C14H14N2O2. The number of carbonyl (C=O) groups excluding carboxylic acids is 1. The van der Waals surface area contributed by atoms with Gasteiger partial charge in [0.1, 0.15) is 5.56 Å². The van der Waals surface area contributed by atoms with Gasteiger partial charge in [-0.25, -0.2) is 0 Å². The van der Waals surface area contributed by atoms with Crippen molar-refractivity contribution in [2.45, 2.75) is 13.5 Å². The van der Waals surface area contributed by atoms with E-state index in [0.29, 0.717) is 12.1 Å². The van der Waals surface area contributed by atoms with Crippen LogP contribution in [0.4, 0.5) is 0 Å². The molecule has 1 heterocycles. The molecule has 4 nitrogen and oxygen atoms in total. The number of benzene rings is 1. The van der Waals surface area contributed by atoms with Gasteiger partial charge in [0.15, 0.2) is 0 Å². The van der Waals surface area contributed by atoms with Gasteiger partial charge in [-0.05, 0) is 24.1 Å². The second-order valence-electron chi connectivity index (χ2n) is 4.03. The van der Waals surface area contributed by atoms with E-state index >= 15 is 0 Å². The van der Waals surface area contributed by atoms with Crippen molar-refractivity contribution in [3.63, 3.8) is 0 Å². The van der Waals surface area contributed by atoms with E-state index in [1.165, 1.54) is 6.20 Å². The highest BCUT2D eigenvalue weighted by Crippen LogP contribution is 2.02. The maximum Gasteiger partial charge on any atom is 0.261 e. The van der Waals surface area contributed by atoms with Crippen LogP contribution in [0, 0.1) is 6.92 Å². The summed E-state index contributed by atoms with van der Waals surface area (Å²) < 4.78 is 0. The van der Waals surface area contributed by atoms with Gasteiger partial charge in [-0.15, -0.1) is 0 Å². The first-order valence-corrected chi connectivity index (χ1v) is 5.69. The normalized spacial score (nSPS) is 10.1. The smallest absolute Gasteiger partial charge is 0.261 e. The summed E-state index contributed by atoms with van der Waals surface area (Å²) in [6.45, 7) is 2.15. The van der Waals surface area contributed by atoms with Gasteiger partial charge in [-0.2, -0.15) is 0 Å². The van der Waals surface area contributed by atoms with Crippen LogP contribution in [-0.4, -0.2) is 10.9 Å². The molecule has 0 aliphatic heterocycles. The highest BCUT2D eigenvalue weighted by atomic mass is 16.2.